The molecule has 1 aliphatic heterocycles. The van der Waals surface area contributed by atoms with E-state index in [-0.39, 0.29) is 6.04 Å². The van der Waals surface area contributed by atoms with E-state index >= 15 is 0 Å². The minimum Gasteiger partial charge on any atom is -0.383 e. The second-order valence-corrected chi connectivity index (χ2v) is 5.13. The second-order valence-electron chi connectivity index (χ2n) is 5.13. The van der Waals surface area contributed by atoms with Crippen molar-refractivity contribution >= 4 is 5.96 Å². The molecule has 0 aromatic heterocycles. The number of hydrogen-bond donors (Lipinski definition) is 3. The number of methoxy groups -OCH3 is 1. The van der Waals surface area contributed by atoms with Crippen LogP contribution in [0, 0.1) is 0 Å². The van der Waals surface area contributed by atoms with Gasteiger partial charge in [-0.2, -0.15) is 0 Å². The predicted molar refractivity (Wildman–Crippen MR) is 74.3 cm³/mol. The van der Waals surface area contributed by atoms with Crippen molar-refractivity contribution in [3.63, 3.8) is 0 Å². The van der Waals surface area contributed by atoms with Gasteiger partial charge in [-0.15, -0.1) is 0 Å². The third-order valence-electron chi connectivity index (χ3n) is 3.43. The molecule has 0 bridgehead atoms. The number of hydrogen-bond acceptors (Lipinski definition) is 4. The molecular weight excluding hydrogens is 230 g/mol. The third-order valence-corrected chi connectivity index (χ3v) is 3.43. The molecule has 0 aromatic carbocycles. The Morgan fingerprint density at radius 2 is 2.33 bits per heavy atom. The fourth-order valence-electron chi connectivity index (χ4n) is 2.21. The molecule has 0 spiro atoms. The summed E-state index contributed by atoms with van der Waals surface area (Å²) in [6, 6.07) is 1.10. The number of nitrogens with two attached hydrogens (primary N) is 1. The van der Waals surface area contributed by atoms with Crippen molar-refractivity contribution in [1.82, 2.24) is 15.6 Å². The Morgan fingerprint density at radius 3 is 2.89 bits per heavy atom. The van der Waals surface area contributed by atoms with Crippen molar-refractivity contribution in [3.05, 3.63) is 0 Å². The first-order chi connectivity index (χ1) is 8.56. The molecule has 3 unspecified atom stereocenters. The number of aliphatic imine (C=N–C) groups is 1. The highest BCUT2D eigenvalue weighted by molar-refractivity contribution is 5.79. The zero-order chi connectivity index (χ0) is 13.5. The second kappa shape index (κ2) is 7.56. The van der Waals surface area contributed by atoms with Crippen LogP contribution in [0.4, 0.5) is 0 Å². The number of likely N-dealkylation sites (tertiary alicyclic amines) is 1. The normalized spacial score (nSPS) is 27.9. The summed E-state index contributed by atoms with van der Waals surface area (Å²) in [4.78, 5) is 7.01. The molecule has 4 N–H and O–H groups in total. The van der Waals surface area contributed by atoms with E-state index in [1.807, 2.05) is 6.92 Å². The summed E-state index contributed by atoms with van der Waals surface area (Å²) in [6.07, 6.45) is 2.15. The average Bonchev–Trinajstić information content (AvgIpc) is 2.33. The van der Waals surface area contributed by atoms with E-state index < -0.39 is 0 Å². The number of piperidine rings is 1. The van der Waals surface area contributed by atoms with Crippen molar-refractivity contribution in [2.45, 2.75) is 44.8 Å². The van der Waals surface area contributed by atoms with Gasteiger partial charge in [-0.1, -0.05) is 0 Å². The fraction of sp³-hybridized carbons (Fsp3) is 0.917. The van der Waals surface area contributed by atoms with Crippen LogP contribution in [-0.2, 0) is 4.74 Å². The van der Waals surface area contributed by atoms with Gasteiger partial charge in [0.2, 0.25) is 5.96 Å². The van der Waals surface area contributed by atoms with E-state index in [0.29, 0.717) is 24.7 Å². The van der Waals surface area contributed by atoms with Crippen LogP contribution in [0.3, 0.4) is 0 Å². The lowest BCUT2D eigenvalue weighted by molar-refractivity contribution is 0.177. The molecular formula is C12H27N5O. The molecule has 6 nitrogen and oxygen atoms in total. The number of nitrogens with zero attached hydrogens (tertiary/aromatic N) is 2. The van der Waals surface area contributed by atoms with Gasteiger partial charge in [0, 0.05) is 25.7 Å². The van der Waals surface area contributed by atoms with Gasteiger partial charge >= 0.3 is 0 Å². The summed E-state index contributed by atoms with van der Waals surface area (Å²) in [5.74, 6) is 6.16. The smallest absolute Gasteiger partial charge is 0.206 e. The van der Waals surface area contributed by atoms with Gasteiger partial charge in [0.1, 0.15) is 0 Å². The molecule has 0 saturated carbocycles. The lowest BCUT2D eigenvalue weighted by atomic mass is 10.00. The van der Waals surface area contributed by atoms with Gasteiger partial charge < -0.3 is 15.0 Å². The van der Waals surface area contributed by atoms with Crippen LogP contribution in [0.5, 0.6) is 0 Å². The van der Waals surface area contributed by atoms with E-state index in [9.17, 15) is 0 Å². The Hall–Kier alpha value is -0.850. The highest BCUT2D eigenvalue weighted by atomic mass is 16.5. The molecule has 106 valence electrons. The molecule has 1 fully saturated rings. The number of hydrazine groups is 1. The van der Waals surface area contributed by atoms with Crippen LogP contribution < -0.4 is 16.6 Å². The van der Waals surface area contributed by atoms with Crippen LogP contribution >= 0.6 is 0 Å². The molecule has 1 saturated heterocycles. The monoisotopic (exact) mass is 257 g/mol. The molecule has 1 heterocycles. The van der Waals surface area contributed by atoms with Crippen LogP contribution in [0.2, 0.25) is 0 Å². The van der Waals surface area contributed by atoms with Gasteiger partial charge in [0.15, 0.2) is 0 Å². The summed E-state index contributed by atoms with van der Waals surface area (Å²) < 4.78 is 5.08. The van der Waals surface area contributed by atoms with Crippen molar-refractivity contribution in [3.8, 4) is 0 Å². The van der Waals surface area contributed by atoms with Gasteiger partial charge in [0.25, 0.3) is 0 Å². The van der Waals surface area contributed by atoms with E-state index in [1.165, 1.54) is 0 Å². The Morgan fingerprint density at radius 1 is 1.61 bits per heavy atom. The minimum atomic E-state index is 0.188. The number of ether oxygens (including phenoxy) is 1. The quantitative estimate of drug-likeness (QED) is 0.284. The van der Waals surface area contributed by atoms with Crippen LogP contribution in [0.1, 0.15) is 26.7 Å². The van der Waals surface area contributed by atoms with Gasteiger partial charge in [-0.05, 0) is 33.7 Å². The van der Waals surface area contributed by atoms with E-state index in [4.69, 9.17) is 10.6 Å². The third kappa shape index (κ3) is 4.80. The topological polar surface area (TPSA) is 74.9 Å². The first kappa shape index (κ1) is 15.2. The van der Waals surface area contributed by atoms with E-state index in [1.54, 1.807) is 7.11 Å². The molecule has 0 aliphatic carbocycles. The number of rotatable bonds is 4. The lowest BCUT2D eigenvalue weighted by Crippen LogP contribution is -2.48. The SMILES string of the molecule is COCC(C)NC(=NC1CCN(C)C(C)C1)NN. The molecule has 1 aliphatic rings. The number of guanidine groups is 1. The van der Waals surface area contributed by atoms with Crippen molar-refractivity contribution in [2.24, 2.45) is 10.8 Å². The van der Waals surface area contributed by atoms with Gasteiger partial charge in [-0.25, -0.2) is 10.8 Å². The first-order valence-corrected chi connectivity index (χ1v) is 6.57. The maximum atomic E-state index is 5.50. The fourth-order valence-corrected chi connectivity index (χ4v) is 2.21. The Kier molecular flexibility index (Phi) is 6.38. The van der Waals surface area contributed by atoms with Crippen LogP contribution in [-0.4, -0.2) is 56.3 Å². The van der Waals surface area contributed by atoms with Crippen molar-refractivity contribution in [2.75, 3.05) is 27.3 Å². The highest BCUT2D eigenvalue weighted by Gasteiger charge is 2.22. The molecule has 0 aromatic rings. The summed E-state index contributed by atoms with van der Waals surface area (Å²) in [6.45, 7) is 5.98. The Labute approximate surface area is 110 Å². The van der Waals surface area contributed by atoms with Crippen molar-refractivity contribution in [1.29, 1.82) is 0 Å². The van der Waals surface area contributed by atoms with E-state index in [2.05, 4.69) is 34.6 Å². The maximum absolute atomic E-state index is 5.50. The molecule has 1 rings (SSSR count). The zero-order valence-corrected chi connectivity index (χ0v) is 11.9. The minimum absolute atomic E-state index is 0.188. The predicted octanol–water partition coefficient (Wildman–Crippen LogP) is -0.0871. The molecule has 3 atom stereocenters. The molecule has 18 heavy (non-hydrogen) atoms. The summed E-state index contributed by atoms with van der Waals surface area (Å²) in [7, 11) is 3.84. The standard InChI is InChI=1S/C12H27N5O/c1-9(8-18-4)14-12(16-13)15-11-5-6-17(3)10(2)7-11/h9-11H,5-8,13H2,1-4H3,(H2,14,15,16). The first-order valence-electron chi connectivity index (χ1n) is 6.57. The maximum Gasteiger partial charge on any atom is 0.206 e. The number of nitrogens with one attached hydrogen (secondary N) is 2. The van der Waals surface area contributed by atoms with Crippen LogP contribution in [0.15, 0.2) is 4.99 Å². The van der Waals surface area contributed by atoms with Gasteiger partial charge in [-0.3, -0.25) is 5.43 Å². The summed E-state index contributed by atoms with van der Waals surface area (Å²) in [5, 5.41) is 3.22. The Balaban J connectivity index is 2.50. The average molecular weight is 257 g/mol. The lowest BCUT2D eigenvalue weighted by Gasteiger charge is -2.33. The highest BCUT2D eigenvalue weighted by Crippen LogP contribution is 2.17. The zero-order valence-electron chi connectivity index (χ0n) is 11.9. The Bertz CT molecular complexity index is 271. The van der Waals surface area contributed by atoms with Crippen LogP contribution in [0.25, 0.3) is 0 Å². The summed E-state index contributed by atoms with van der Waals surface area (Å²) in [5.41, 5.74) is 2.63. The van der Waals surface area contributed by atoms with E-state index in [0.717, 1.165) is 19.4 Å². The van der Waals surface area contributed by atoms with Crippen molar-refractivity contribution < 1.29 is 4.74 Å². The largest absolute Gasteiger partial charge is 0.383 e. The summed E-state index contributed by atoms with van der Waals surface area (Å²) >= 11 is 0. The molecule has 0 amide bonds. The molecule has 0 radical (unpaired) electrons. The molecule has 6 heteroatoms. The van der Waals surface area contributed by atoms with Gasteiger partial charge in [0.05, 0.1) is 12.6 Å².